The van der Waals surface area contributed by atoms with E-state index in [4.69, 9.17) is 0 Å². The van der Waals surface area contributed by atoms with E-state index in [0.717, 1.165) is 0 Å². The van der Waals surface area contributed by atoms with E-state index in [2.05, 4.69) is 15.5 Å². The van der Waals surface area contributed by atoms with Gasteiger partial charge in [-0.3, -0.25) is 5.10 Å². The summed E-state index contributed by atoms with van der Waals surface area (Å²) in [6.45, 7) is 4.85. The Morgan fingerprint density at radius 3 is 2.29 bits per heavy atom. The van der Waals surface area contributed by atoms with E-state index in [1.54, 1.807) is 20.9 Å². The summed E-state index contributed by atoms with van der Waals surface area (Å²) in [4.78, 5) is 0.307. The van der Waals surface area contributed by atoms with Gasteiger partial charge >= 0.3 is 0 Å². The van der Waals surface area contributed by atoms with Crippen LogP contribution in [0.15, 0.2) is 4.90 Å². The van der Waals surface area contributed by atoms with Crippen molar-refractivity contribution in [1.29, 1.82) is 0 Å². The number of H-pyrrole nitrogens is 1. The Bertz CT molecular complexity index is 476. The molecular weight excluding hydrogens is 264 g/mol. The van der Waals surface area contributed by atoms with Gasteiger partial charge in [-0.1, -0.05) is 0 Å². The smallest absolute Gasteiger partial charge is 0.246 e. The van der Waals surface area contributed by atoms with E-state index in [-0.39, 0.29) is 18.4 Å². The summed E-state index contributed by atoms with van der Waals surface area (Å²) < 4.78 is 26.0. The van der Waals surface area contributed by atoms with Crippen molar-refractivity contribution in [2.45, 2.75) is 24.8 Å². The molecule has 0 amide bonds. The molecule has 0 unspecified atom stereocenters. The second-order valence-electron chi connectivity index (χ2n) is 4.10. The van der Waals surface area contributed by atoms with Gasteiger partial charge in [-0.05, 0) is 13.8 Å². The Kier molecular flexibility index (Phi) is 4.19. The number of nitrogens with zero attached hydrogens (tertiary/aromatic N) is 2. The minimum Gasteiger partial charge on any atom is -0.313 e. The maximum atomic E-state index is 12.3. The van der Waals surface area contributed by atoms with Crippen LogP contribution in [0.5, 0.6) is 0 Å². The first kappa shape index (κ1) is 14.4. The second-order valence-corrected chi connectivity index (χ2v) is 6.03. The van der Waals surface area contributed by atoms with E-state index >= 15 is 0 Å². The monoisotopic (exact) mass is 280 g/mol. The maximum absolute atomic E-state index is 12.3. The molecule has 98 valence electrons. The summed E-state index contributed by atoms with van der Waals surface area (Å²) in [6.07, 6.45) is 0. The number of rotatable bonds is 3. The number of sulfonamides is 1. The fraction of sp³-hybridized carbons (Fsp3) is 0.667. The van der Waals surface area contributed by atoms with Crippen molar-refractivity contribution in [3.63, 3.8) is 0 Å². The Hall–Kier alpha value is -0.630. The predicted molar refractivity (Wildman–Crippen MR) is 66.9 cm³/mol. The van der Waals surface area contributed by atoms with Gasteiger partial charge in [0.1, 0.15) is 4.90 Å². The Morgan fingerprint density at radius 1 is 1.35 bits per heavy atom. The van der Waals surface area contributed by atoms with Crippen molar-refractivity contribution >= 4 is 22.4 Å². The van der Waals surface area contributed by atoms with E-state index in [0.29, 0.717) is 29.4 Å². The van der Waals surface area contributed by atoms with Crippen LogP contribution in [0.4, 0.5) is 0 Å². The van der Waals surface area contributed by atoms with E-state index in [1.165, 1.54) is 4.31 Å². The molecule has 0 saturated carbocycles. The largest absolute Gasteiger partial charge is 0.313 e. The Morgan fingerprint density at radius 2 is 1.94 bits per heavy atom. The highest BCUT2D eigenvalue weighted by Gasteiger charge is 2.34. The molecule has 0 atom stereocenters. The molecule has 1 saturated heterocycles. The zero-order valence-electron chi connectivity index (χ0n) is 10.0. The maximum Gasteiger partial charge on any atom is 0.246 e. The molecule has 1 aromatic rings. The zero-order valence-corrected chi connectivity index (χ0v) is 11.7. The molecule has 0 aliphatic carbocycles. The summed E-state index contributed by atoms with van der Waals surface area (Å²) >= 11 is 0. The predicted octanol–water partition coefficient (Wildman–Crippen LogP) is 0.0406. The lowest BCUT2D eigenvalue weighted by Gasteiger charge is -2.34. The fourth-order valence-corrected chi connectivity index (χ4v) is 3.47. The van der Waals surface area contributed by atoms with Crippen molar-refractivity contribution in [3.05, 3.63) is 11.4 Å². The highest BCUT2D eigenvalue weighted by molar-refractivity contribution is 7.89. The van der Waals surface area contributed by atoms with Crippen molar-refractivity contribution in [2.75, 3.05) is 20.1 Å². The Labute approximate surface area is 107 Å². The standard InChI is InChI=1S/C9H16N4O2S.ClH/c1-6-9(7(2)12-11-6)16(14,15)13(3)8-4-10-5-8;/h8,10H,4-5H2,1-3H3,(H,11,12);1H. The molecule has 2 rings (SSSR count). The van der Waals surface area contributed by atoms with Crippen LogP contribution in [0, 0.1) is 13.8 Å². The summed E-state index contributed by atoms with van der Waals surface area (Å²) in [5.41, 5.74) is 1.12. The van der Waals surface area contributed by atoms with Crippen LogP contribution in [0.25, 0.3) is 0 Å². The molecule has 17 heavy (non-hydrogen) atoms. The molecule has 1 fully saturated rings. The number of nitrogens with one attached hydrogen (secondary N) is 2. The van der Waals surface area contributed by atoms with Gasteiger partial charge in [-0.15, -0.1) is 12.4 Å². The van der Waals surface area contributed by atoms with Gasteiger partial charge in [0.25, 0.3) is 0 Å². The highest BCUT2D eigenvalue weighted by atomic mass is 35.5. The molecule has 2 N–H and O–H groups in total. The number of halogens is 1. The van der Waals surface area contributed by atoms with E-state index < -0.39 is 10.0 Å². The van der Waals surface area contributed by atoms with Crippen molar-refractivity contribution in [2.24, 2.45) is 0 Å². The molecule has 8 heteroatoms. The first-order valence-electron chi connectivity index (χ1n) is 5.15. The van der Waals surface area contributed by atoms with Gasteiger partial charge in [0.15, 0.2) is 0 Å². The van der Waals surface area contributed by atoms with Crippen molar-refractivity contribution in [3.8, 4) is 0 Å². The lowest BCUT2D eigenvalue weighted by atomic mass is 10.2. The van der Waals surface area contributed by atoms with Crippen molar-refractivity contribution in [1.82, 2.24) is 19.8 Å². The first-order valence-corrected chi connectivity index (χ1v) is 6.59. The number of aromatic amines is 1. The van der Waals surface area contributed by atoms with Gasteiger partial charge in [0.05, 0.1) is 11.4 Å². The molecule has 1 aliphatic rings. The van der Waals surface area contributed by atoms with E-state index in [1.807, 2.05) is 0 Å². The minimum absolute atomic E-state index is 0. The summed E-state index contributed by atoms with van der Waals surface area (Å²) in [6, 6.07) is 0.0544. The molecule has 0 aromatic carbocycles. The third-order valence-electron chi connectivity index (χ3n) is 2.97. The molecular formula is C9H17ClN4O2S. The number of hydrogen-bond donors (Lipinski definition) is 2. The average molecular weight is 281 g/mol. The van der Waals surface area contributed by atoms with Crippen LogP contribution in [0.2, 0.25) is 0 Å². The lowest BCUT2D eigenvalue weighted by Crippen LogP contribution is -2.57. The van der Waals surface area contributed by atoms with Crippen LogP contribution in [-0.2, 0) is 10.0 Å². The van der Waals surface area contributed by atoms with Crippen LogP contribution in [-0.4, -0.2) is 49.1 Å². The quantitative estimate of drug-likeness (QED) is 0.820. The molecule has 0 spiro atoms. The summed E-state index contributed by atoms with van der Waals surface area (Å²) in [5.74, 6) is 0. The van der Waals surface area contributed by atoms with Crippen LogP contribution < -0.4 is 5.32 Å². The Balaban J connectivity index is 0.00000144. The van der Waals surface area contributed by atoms with Crippen LogP contribution in [0.3, 0.4) is 0 Å². The molecule has 1 aromatic heterocycles. The van der Waals surface area contributed by atoms with Crippen molar-refractivity contribution < 1.29 is 8.42 Å². The summed E-state index contributed by atoms with van der Waals surface area (Å²) in [7, 11) is -1.80. The third-order valence-corrected chi connectivity index (χ3v) is 5.15. The van der Waals surface area contributed by atoms with Gasteiger partial charge < -0.3 is 5.32 Å². The topological polar surface area (TPSA) is 78.1 Å². The first-order chi connectivity index (χ1) is 7.44. The van der Waals surface area contributed by atoms with Crippen LogP contribution in [0.1, 0.15) is 11.4 Å². The third kappa shape index (κ3) is 2.33. The van der Waals surface area contributed by atoms with E-state index in [9.17, 15) is 8.42 Å². The normalized spacial score (nSPS) is 16.7. The number of aryl methyl sites for hydroxylation is 2. The second kappa shape index (κ2) is 4.93. The lowest BCUT2D eigenvalue weighted by molar-refractivity contribution is 0.274. The SMILES string of the molecule is Cc1n[nH]c(C)c1S(=O)(=O)N(C)C1CNC1.Cl. The average Bonchev–Trinajstić information content (AvgIpc) is 2.43. The zero-order chi connectivity index (χ0) is 11.9. The summed E-state index contributed by atoms with van der Waals surface area (Å²) in [5, 5.41) is 9.68. The highest BCUT2D eigenvalue weighted by Crippen LogP contribution is 2.22. The molecule has 0 bridgehead atoms. The van der Waals surface area contributed by atoms with Gasteiger partial charge in [0, 0.05) is 26.2 Å². The molecule has 6 nitrogen and oxygen atoms in total. The number of aromatic nitrogens is 2. The molecule has 1 aliphatic heterocycles. The number of hydrogen-bond acceptors (Lipinski definition) is 4. The molecule has 0 radical (unpaired) electrons. The van der Waals surface area contributed by atoms with Crippen LogP contribution >= 0.6 is 12.4 Å². The van der Waals surface area contributed by atoms with Gasteiger partial charge in [0.2, 0.25) is 10.0 Å². The fourth-order valence-electron chi connectivity index (χ4n) is 1.79. The van der Waals surface area contributed by atoms with Gasteiger partial charge in [-0.25, -0.2) is 8.42 Å². The number of likely N-dealkylation sites (N-methyl/N-ethyl adjacent to an activating group) is 1. The molecule has 2 heterocycles. The van der Waals surface area contributed by atoms with Gasteiger partial charge in [-0.2, -0.15) is 9.40 Å². The minimum atomic E-state index is -3.42.